The van der Waals surface area contributed by atoms with Gasteiger partial charge in [0.15, 0.2) is 0 Å². The van der Waals surface area contributed by atoms with Gasteiger partial charge < -0.3 is 4.74 Å². The van der Waals surface area contributed by atoms with E-state index < -0.39 is 17.2 Å². The minimum absolute atomic E-state index is 0.0490. The van der Waals surface area contributed by atoms with Crippen LogP contribution in [0.15, 0.2) is 60.1 Å². The monoisotopic (exact) mass is 414 g/mol. The molecular formula is C20H13F3N4OS. The molecule has 1 aliphatic rings. The largest absolute Gasteiger partial charge is 0.474 e. The molecule has 9 heteroatoms. The van der Waals surface area contributed by atoms with Crippen molar-refractivity contribution >= 4 is 27.3 Å². The molecule has 2 aromatic heterocycles. The molecule has 5 rings (SSSR count). The summed E-state index contributed by atoms with van der Waals surface area (Å²) in [5.41, 5.74) is -0.932. The summed E-state index contributed by atoms with van der Waals surface area (Å²) in [5.74, 6) is -1.38. The van der Waals surface area contributed by atoms with Crippen molar-refractivity contribution in [1.82, 2.24) is 14.8 Å². The lowest BCUT2D eigenvalue weighted by molar-refractivity contribution is 0.226. The molecule has 0 spiro atoms. The number of nitrogens with zero attached hydrogens (tertiary/aromatic N) is 4. The summed E-state index contributed by atoms with van der Waals surface area (Å²) in [4.78, 5) is 9.32. The van der Waals surface area contributed by atoms with Crippen LogP contribution >= 0.6 is 11.3 Å². The van der Waals surface area contributed by atoms with Gasteiger partial charge in [0.2, 0.25) is 5.90 Å². The maximum Gasteiger partial charge on any atom is 0.227 e. The first-order valence-corrected chi connectivity index (χ1v) is 9.54. The number of ether oxygens (including phenoxy) is 1. The number of hydrogen-bond donors (Lipinski definition) is 0. The molecule has 0 radical (unpaired) electrons. The van der Waals surface area contributed by atoms with Crippen molar-refractivity contribution in [1.29, 1.82) is 0 Å². The lowest BCUT2D eigenvalue weighted by atomic mass is 9.91. The van der Waals surface area contributed by atoms with E-state index in [2.05, 4.69) is 10.1 Å². The maximum atomic E-state index is 14.7. The number of benzene rings is 2. The van der Waals surface area contributed by atoms with E-state index in [1.54, 1.807) is 6.07 Å². The van der Waals surface area contributed by atoms with Crippen LogP contribution in [0.4, 0.5) is 13.2 Å². The number of halogens is 3. The third-order valence-corrected chi connectivity index (χ3v) is 5.86. The fourth-order valence-electron chi connectivity index (χ4n) is 3.44. The molecular weight excluding hydrogens is 401 g/mol. The molecule has 1 unspecified atom stereocenters. The number of thiophene rings is 1. The zero-order chi connectivity index (χ0) is 20.0. The van der Waals surface area contributed by atoms with Gasteiger partial charge in [-0.1, -0.05) is 12.1 Å². The van der Waals surface area contributed by atoms with E-state index in [1.807, 2.05) is 6.07 Å². The average molecular weight is 414 g/mol. The van der Waals surface area contributed by atoms with E-state index >= 15 is 0 Å². The molecule has 0 saturated heterocycles. The Hall–Kier alpha value is -3.20. The highest BCUT2D eigenvalue weighted by Crippen LogP contribution is 2.38. The number of fused-ring (bicyclic) bond motifs is 1. The van der Waals surface area contributed by atoms with Crippen LogP contribution in [0.5, 0.6) is 0 Å². The second-order valence-corrected chi connectivity index (χ2v) is 7.83. The van der Waals surface area contributed by atoms with Crippen molar-refractivity contribution in [2.24, 2.45) is 4.99 Å². The van der Waals surface area contributed by atoms with Crippen LogP contribution in [0.1, 0.15) is 10.4 Å². The van der Waals surface area contributed by atoms with Crippen LogP contribution in [0.25, 0.3) is 10.1 Å². The van der Waals surface area contributed by atoms with Crippen LogP contribution in [0.3, 0.4) is 0 Å². The highest BCUT2D eigenvalue weighted by molar-refractivity contribution is 7.20. The van der Waals surface area contributed by atoms with E-state index in [1.165, 1.54) is 52.9 Å². The molecule has 0 aliphatic carbocycles. The standard InChI is InChI=1S/C20H13F3N4OS/c21-13-3-4-15(16(23)6-13)20(8-27-11-24-10-25-27)9-28-19(26-20)18-5-12-1-2-14(22)7-17(12)29-18/h1-7,10-11H,8-9H2. The van der Waals surface area contributed by atoms with Gasteiger partial charge in [-0.15, -0.1) is 11.3 Å². The highest BCUT2D eigenvalue weighted by Gasteiger charge is 2.42. The molecule has 4 aromatic rings. The molecule has 0 N–H and O–H groups in total. The second kappa shape index (κ2) is 6.70. The first-order chi connectivity index (χ1) is 14.0. The van der Waals surface area contributed by atoms with Crippen molar-refractivity contribution in [3.63, 3.8) is 0 Å². The van der Waals surface area contributed by atoms with Crippen molar-refractivity contribution in [3.8, 4) is 0 Å². The zero-order valence-electron chi connectivity index (χ0n) is 14.8. The van der Waals surface area contributed by atoms with Crippen molar-refractivity contribution in [2.45, 2.75) is 12.1 Å². The predicted molar refractivity (Wildman–Crippen MR) is 102 cm³/mol. The molecule has 29 heavy (non-hydrogen) atoms. The van der Waals surface area contributed by atoms with Crippen LogP contribution in [0.2, 0.25) is 0 Å². The fraction of sp³-hybridized carbons (Fsp3) is 0.150. The summed E-state index contributed by atoms with van der Waals surface area (Å²) in [5, 5.41) is 4.95. The average Bonchev–Trinajstić information content (AvgIpc) is 3.41. The summed E-state index contributed by atoms with van der Waals surface area (Å²) in [6, 6.07) is 9.76. The van der Waals surface area contributed by atoms with E-state index in [0.29, 0.717) is 10.8 Å². The third kappa shape index (κ3) is 3.17. The fourth-order valence-corrected chi connectivity index (χ4v) is 4.47. The van der Waals surface area contributed by atoms with Crippen LogP contribution in [-0.2, 0) is 16.8 Å². The van der Waals surface area contributed by atoms with Gasteiger partial charge in [-0.25, -0.2) is 23.1 Å². The molecule has 1 aliphatic heterocycles. The number of aliphatic imine (C=N–C) groups is 1. The summed E-state index contributed by atoms with van der Waals surface area (Å²) in [6.45, 7) is 0.214. The minimum atomic E-state index is -1.14. The van der Waals surface area contributed by atoms with Crippen molar-refractivity contribution in [2.75, 3.05) is 6.61 Å². The van der Waals surface area contributed by atoms with Crippen molar-refractivity contribution in [3.05, 3.63) is 83.0 Å². The molecule has 0 bridgehead atoms. The summed E-state index contributed by atoms with van der Waals surface area (Å²) in [7, 11) is 0. The number of rotatable bonds is 4. The van der Waals surface area contributed by atoms with E-state index in [-0.39, 0.29) is 24.5 Å². The highest BCUT2D eigenvalue weighted by atomic mass is 32.1. The lowest BCUT2D eigenvalue weighted by Gasteiger charge is -2.24. The minimum Gasteiger partial charge on any atom is -0.474 e. The molecule has 1 atom stereocenters. The van der Waals surface area contributed by atoms with E-state index in [9.17, 15) is 13.2 Å². The topological polar surface area (TPSA) is 52.3 Å². The Kier molecular flexibility index (Phi) is 4.13. The van der Waals surface area contributed by atoms with Gasteiger partial charge in [0, 0.05) is 16.3 Å². The first-order valence-electron chi connectivity index (χ1n) is 8.72. The Bertz CT molecular complexity index is 1240. The van der Waals surface area contributed by atoms with Gasteiger partial charge in [0.05, 0.1) is 11.4 Å². The van der Waals surface area contributed by atoms with Crippen LogP contribution in [-0.4, -0.2) is 27.3 Å². The first kappa shape index (κ1) is 17.9. The second-order valence-electron chi connectivity index (χ2n) is 6.75. The molecule has 0 amide bonds. The number of aromatic nitrogens is 3. The number of hydrogen-bond acceptors (Lipinski definition) is 5. The molecule has 0 saturated carbocycles. The van der Waals surface area contributed by atoms with Gasteiger partial charge in [0.25, 0.3) is 0 Å². The van der Waals surface area contributed by atoms with Gasteiger partial charge in [0.1, 0.15) is 42.3 Å². The summed E-state index contributed by atoms with van der Waals surface area (Å²) >= 11 is 1.33. The maximum absolute atomic E-state index is 14.7. The molecule has 0 fully saturated rings. The molecule has 5 nitrogen and oxygen atoms in total. The predicted octanol–water partition coefficient (Wildman–Crippen LogP) is 4.28. The third-order valence-electron chi connectivity index (χ3n) is 4.78. The van der Waals surface area contributed by atoms with E-state index in [0.717, 1.165) is 16.2 Å². The quantitative estimate of drug-likeness (QED) is 0.501. The SMILES string of the molecule is Fc1ccc(C2(Cn3cncn3)COC(c3cc4ccc(F)cc4s3)=N2)c(F)c1. The zero-order valence-corrected chi connectivity index (χ0v) is 15.7. The molecule has 2 aromatic carbocycles. The summed E-state index contributed by atoms with van der Waals surface area (Å²) < 4.78 is 49.8. The summed E-state index contributed by atoms with van der Waals surface area (Å²) in [6.07, 6.45) is 2.87. The smallest absolute Gasteiger partial charge is 0.227 e. The molecule has 146 valence electrons. The Morgan fingerprint density at radius 2 is 1.90 bits per heavy atom. The normalized spacial score (nSPS) is 18.8. The van der Waals surface area contributed by atoms with Crippen LogP contribution < -0.4 is 0 Å². The Labute approximate surface area is 167 Å². The Morgan fingerprint density at radius 1 is 1.07 bits per heavy atom. The lowest BCUT2D eigenvalue weighted by Crippen LogP contribution is -2.32. The van der Waals surface area contributed by atoms with Gasteiger partial charge in [-0.2, -0.15) is 5.10 Å². The van der Waals surface area contributed by atoms with Crippen LogP contribution in [0, 0.1) is 17.5 Å². The van der Waals surface area contributed by atoms with Gasteiger partial charge in [-0.05, 0) is 29.7 Å². The van der Waals surface area contributed by atoms with Gasteiger partial charge >= 0.3 is 0 Å². The van der Waals surface area contributed by atoms with Gasteiger partial charge in [-0.3, -0.25) is 4.68 Å². The van der Waals surface area contributed by atoms with Crippen molar-refractivity contribution < 1.29 is 17.9 Å². The molecule has 3 heterocycles. The Balaban J connectivity index is 1.62. The van der Waals surface area contributed by atoms with E-state index in [4.69, 9.17) is 9.73 Å². The Morgan fingerprint density at radius 3 is 2.69 bits per heavy atom.